The fraction of sp³-hybridized carbons (Fsp3) is 0.250. The van der Waals surface area contributed by atoms with Crippen molar-refractivity contribution in [3.05, 3.63) is 57.6 Å². The predicted octanol–water partition coefficient (Wildman–Crippen LogP) is 3.72. The molecule has 4 amide bonds. The summed E-state index contributed by atoms with van der Waals surface area (Å²) in [6.45, 7) is 2.94. The molecule has 9 heteroatoms. The van der Waals surface area contributed by atoms with Gasteiger partial charge in [-0.05, 0) is 43.7 Å². The molecule has 2 aromatic rings. The molecule has 0 saturated carbocycles. The van der Waals surface area contributed by atoms with Gasteiger partial charge in [0.15, 0.2) is 0 Å². The minimum absolute atomic E-state index is 0.240. The Hall–Kier alpha value is -2.77. The average molecular weight is 436 g/mol. The lowest BCUT2D eigenvalue weighted by Gasteiger charge is -2.23. The fourth-order valence-electron chi connectivity index (χ4n) is 3.17. The maximum Gasteiger partial charge on any atom is 0.325 e. The van der Waals surface area contributed by atoms with Gasteiger partial charge < -0.3 is 15.4 Å². The quantitative estimate of drug-likeness (QED) is 0.700. The summed E-state index contributed by atoms with van der Waals surface area (Å²) in [7, 11) is 1.49. The number of urea groups is 1. The first kappa shape index (κ1) is 21.0. The van der Waals surface area contributed by atoms with Gasteiger partial charge in [0.1, 0.15) is 17.8 Å². The molecule has 0 spiro atoms. The zero-order chi connectivity index (χ0) is 21.3. The Bertz CT molecular complexity index is 1010. The first-order valence-corrected chi connectivity index (χ1v) is 9.45. The summed E-state index contributed by atoms with van der Waals surface area (Å²) in [5.74, 6) is -0.652. The van der Waals surface area contributed by atoms with Crippen molar-refractivity contribution < 1.29 is 19.1 Å². The maximum absolute atomic E-state index is 13.0. The zero-order valence-corrected chi connectivity index (χ0v) is 17.5. The number of aryl methyl sites for hydroxylation is 1. The third-order valence-corrected chi connectivity index (χ3v) is 5.22. The van der Waals surface area contributed by atoms with Crippen molar-refractivity contribution >= 4 is 46.7 Å². The number of anilines is 1. The molecule has 7 nitrogen and oxygen atoms in total. The molecule has 1 atom stereocenters. The lowest BCUT2D eigenvalue weighted by Crippen LogP contribution is -2.42. The number of hydrogen-bond donors (Lipinski definition) is 2. The van der Waals surface area contributed by atoms with E-state index in [1.54, 1.807) is 24.3 Å². The van der Waals surface area contributed by atoms with Crippen LogP contribution < -0.4 is 15.4 Å². The summed E-state index contributed by atoms with van der Waals surface area (Å²) in [6.07, 6.45) is 0. The number of nitrogens with zero attached hydrogens (tertiary/aromatic N) is 1. The Kier molecular flexibility index (Phi) is 5.73. The van der Waals surface area contributed by atoms with Gasteiger partial charge in [0, 0.05) is 15.6 Å². The van der Waals surface area contributed by atoms with Gasteiger partial charge in [0.25, 0.3) is 5.91 Å². The number of nitrogens with one attached hydrogen (secondary N) is 2. The van der Waals surface area contributed by atoms with Crippen LogP contribution in [-0.4, -0.2) is 36.4 Å². The van der Waals surface area contributed by atoms with E-state index in [1.165, 1.54) is 20.1 Å². The third-order valence-electron chi connectivity index (χ3n) is 4.68. The SMILES string of the molecule is COc1ccc(C)cc1NC(=O)CN1C(=O)NC(C)(c2ccc(Cl)cc2Cl)C1=O. The molecule has 152 valence electrons. The van der Waals surface area contributed by atoms with Gasteiger partial charge in [-0.2, -0.15) is 0 Å². The molecule has 1 aliphatic heterocycles. The van der Waals surface area contributed by atoms with E-state index in [0.717, 1.165) is 10.5 Å². The summed E-state index contributed by atoms with van der Waals surface area (Å²) in [6, 6.07) is 9.25. The van der Waals surface area contributed by atoms with Crippen LogP contribution in [0.5, 0.6) is 5.75 Å². The fourth-order valence-corrected chi connectivity index (χ4v) is 3.77. The zero-order valence-electron chi connectivity index (χ0n) is 16.0. The number of rotatable bonds is 5. The van der Waals surface area contributed by atoms with Crippen LogP contribution in [0.2, 0.25) is 10.0 Å². The Morgan fingerprint density at radius 3 is 2.59 bits per heavy atom. The topological polar surface area (TPSA) is 87.7 Å². The summed E-state index contributed by atoms with van der Waals surface area (Å²) in [4.78, 5) is 38.8. The number of methoxy groups -OCH3 is 1. The van der Waals surface area contributed by atoms with Crippen molar-refractivity contribution in [2.45, 2.75) is 19.4 Å². The second-order valence-electron chi connectivity index (χ2n) is 6.82. The summed E-state index contributed by atoms with van der Waals surface area (Å²) in [5, 5.41) is 5.93. The van der Waals surface area contributed by atoms with Crippen LogP contribution in [0.4, 0.5) is 10.5 Å². The van der Waals surface area contributed by atoms with Gasteiger partial charge in [-0.25, -0.2) is 4.79 Å². The molecule has 1 unspecified atom stereocenters. The third kappa shape index (κ3) is 4.02. The molecule has 1 heterocycles. The van der Waals surface area contributed by atoms with Gasteiger partial charge >= 0.3 is 6.03 Å². The lowest BCUT2D eigenvalue weighted by molar-refractivity contribution is -0.133. The summed E-state index contributed by atoms with van der Waals surface area (Å²) in [5.41, 5.74) is 0.361. The van der Waals surface area contributed by atoms with Crippen molar-refractivity contribution in [1.82, 2.24) is 10.2 Å². The van der Waals surface area contributed by atoms with Crippen molar-refractivity contribution in [2.75, 3.05) is 19.0 Å². The highest BCUT2D eigenvalue weighted by Gasteiger charge is 2.50. The lowest BCUT2D eigenvalue weighted by atomic mass is 9.92. The number of amides is 4. The molecule has 1 saturated heterocycles. The average Bonchev–Trinajstić information content (AvgIpc) is 2.85. The number of ether oxygens (including phenoxy) is 1. The molecular formula is C20H19Cl2N3O4. The van der Waals surface area contributed by atoms with E-state index in [-0.39, 0.29) is 5.02 Å². The standard InChI is InChI=1S/C20H19Cl2N3O4/c1-11-4-7-16(29-3)15(8-11)23-17(26)10-25-18(27)20(2,24-19(25)28)13-6-5-12(21)9-14(13)22/h4-9H,10H2,1-3H3,(H,23,26)(H,24,28). The maximum atomic E-state index is 13.0. The largest absolute Gasteiger partial charge is 0.495 e. The highest BCUT2D eigenvalue weighted by Crippen LogP contribution is 2.35. The van der Waals surface area contributed by atoms with E-state index in [9.17, 15) is 14.4 Å². The first-order chi connectivity index (χ1) is 13.7. The van der Waals surface area contributed by atoms with Crippen LogP contribution >= 0.6 is 23.2 Å². The molecule has 0 aliphatic carbocycles. The molecule has 3 rings (SSSR count). The molecule has 2 N–H and O–H groups in total. The molecule has 0 radical (unpaired) electrons. The molecule has 1 aliphatic rings. The molecule has 2 aromatic carbocycles. The molecule has 0 aromatic heterocycles. The normalized spacial score (nSPS) is 18.6. The van der Waals surface area contributed by atoms with Gasteiger partial charge in [0.05, 0.1) is 12.8 Å². The van der Waals surface area contributed by atoms with Gasteiger partial charge in [-0.15, -0.1) is 0 Å². The van der Waals surface area contributed by atoms with Crippen LogP contribution in [0.1, 0.15) is 18.1 Å². The Labute approximate surface area is 177 Å². The Balaban J connectivity index is 1.80. The molecular weight excluding hydrogens is 417 g/mol. The van der Waals surface area contributed by atoms with E-state index in [2.05, 4.69) is 10.6 Å². The van der Waals surface area contributed by atoms with Crippen LogP contribution in [0.3, 0.4) is 0 Å². The second kappa shape index (κ2) is 7.93. The van der Waals surface area contributed by atoms with Gasteiger partial charge in [-0.1, -0.05) is 35.3 Å². The smallest absolute Gasteiger partial charge is 0.325 e. The van der Waals surface area contributed by atoms with Crippen LogP contribution in [0.15, 0.2) is 36.4 Å². The number of imide groups is 1. The minimum atomic E-state index is -1.40. The first-order valence-electron chi connectivity index (χ1n) is 8.70. The van der Waals surface area contributed by atoms with Crippen molar-refractivity contribution in [3.63, 3.8) is 0 Å². The van der Waals surface area contributed by atoms with Crippen LogP contribution in [-0.2, 0) is 15.1 Å². The highest BCUT2D eigenvalue weighted by molar-refractivity contribution is 6.35. The second-order valence-corrected chi connectivity index (χ2v) is 7.67. The predicted molar refractivity (Wildman–Crippen MR) is 110 cm³/mol. The number of hydrogen-bond acceptors (Lipinski definition) is 4. The molecule has 1 fully saturated rings. The monoisotopic (exact) mass is 435 g/mol. The van der Waals surface area contributed by atoms with Crippen LogP contribution in [0.25, 0.3) is 0 Å². The minimum Gasteiger partial charge on any atom is -0.495 e. The number of halogens is 2. The summed E-state index contributed by atoms with van der Waals surface area (Å²) >= 11 is 12.1. The van der Waals surface area contributed by atoms with E-state index in [4.69, 9.17) is 27.9 Å². The molecule has 29 heavy (non-hydrogen) atoms. The van der Waals surface area contributed by atoms with Gasteiger partial charge in [-0.3, -0.25) is 14.5 Å². The molecule has 0 bridgehead atoms. The number of benzene rings is 2. The van der Waals surface area contributed by atoms with E-state index >= 15 is 0 Å². The van der Waals surface area contributed by atoms with E-state index in [1.807, 2.05) is 13.0 Å². The van der Waals surface area contributed by atoms with Gasteiger partial charge in [0.2, 0.25) is 5.91 Å². The van der Waals surface area contributed by atoms with E-state index < -0.39 is 29.9 Å². The van der Waals surface area contributed by atoms with Crippen molar-refractivity contribution in [2.24, 2.45) is 0 Å². The Morgan fingerprint density at radius 1 is 1.21 bits per heavy atom. The summed E-state index contributed by atoms with van der Waals surface area (Å²) < 4.78 is 5.23. The van der Waals surface area contributed by atoms with Crippen LogP contribution in [0, 0.1) is 6.92 Å². The Morgan fingerprint density at radius 2 is 1.93 bits per heavy atom. The van der Waals surface area contributed by atoms with Crippen molar-refractivity contribution in [3.8, 4) is 5.75 Å². The van der Waals surface area contributed by atoms with Crippen molar-refractivity contribution in [1.29, 1.82) is 0 Å². The number of carbonyl (C=O) groups excluding carboxylic acids is 3. The van der Waals surface area contributed by atoms with E-state index in [0.29, 0.717) is 22.0 Å². The number of carbonyl (C=O) groups is 3. The highest BCUT2D eigenvalue weighted by atomic mass is 35.5.